The molecule has 1 aliphatic rings. The highest BCUT2D eigenvalue weighted by atomic mass is 35.5. The maximum absolute atomic E-state index is 5.82. The molecule has 0 bridgehead atoms. The minimum absolute atomic E-state index is 0.548. The summed E-state index contributed by atoms with van der Waals surface area (Å²) >= 11 is 5.82. The van der Waals surface area contributed by atoms with E-state index in [1.165, 1.54) is 31.4 Å². The Balaban J connectivity index is 2.08. The molecule has 0 radical (unpaired) electrons. The Labute approximate surface area is 109 Å². The Kier molecular flexibility index (Phi) is 4.27. The number of rotatable bonds is 4. The van der Waals surface area contributed by atoms with Gasteiger partial charge in [-0.25, -0.2) is 4.98 Å². The molecule has 0 N–H and O–H groups in total. The van der Waals surface area contributed by atoms with Crippen LogP contribution >= 0.6 is 11.6 Å². The minimum atomic E-state index is 0.548. The number of alkyl halides is 1. The molecule has 0 aliphatic carbocycles. The van der Waals surface area contributed by atoms with Crippen LogP contribution in [0.15, 0.2) is 12.3 Å². The molecule has 3 heteroatoms. The van der Waals surface area contributed by atoms with Gasteiger partial charge in [-0.15, -0.1) is 11.6 Å². The quantitative estimate of drug-likeness (QED) is 0.759. The van der Waals surface area contributed by atoms with Gasteiger partial charge in [-0.1, -0.05) is 13.3 Å². The van der Waals surface area contributed by atoms with E-state index in [1.54, 1.807) is 0 Å². The molecule has 2 rings (SSSR count). The van der Waals surface area contributed by atoms with Crippen LogP contribution in [0.2, 0.25) is 0 Å². The van der Waals surface area contributed by atoms with E-state index in [9.17, 15) is 0 Å². The van der Waals surface area contributed by atoms with Crippen LogP contribution in [0.4, 0.5) is 5.82 Å². The Hall–Kier alpha value is -0.760. The van der Waals surface area contributed by atoms with Gasteiger partial charge in [0.15, 0.2) is 0 Å². The number of aryl methyl sites for hydroxylation is 1. The Morgan fingerprint density at radius 2 is 2.35 bits per heavy atom. The number of hydrogen-bond acceptors (Lipinski definition) is 2. The lowest BCUT2D eigenvalue weighted by Gasteiger charge is -2.20. The van der Waals surface area contributed by atoms with Crippen LogP contribution in [0.1, 0.15) is 37.3 Å². The van der Waals surface area contributed by atoms with E-state index in [1.807, 2.05) is 6.20 Å². The van der Waals surface area contributed by atoms with Gasteiger partial charge in [0, 0.05) is 25.2 Å². The van der Waals surface area contributed by atoms with Crippen molar-refractivity contribution < 1.29 is 0 Å². The van der Waals surface area contributed by atoms with Gasteiger partial charge >= 0.3 is 0 Å². The summed E-state index contributed by atoms with van der Waals surface area (Å²) in [6, 6.07) is 2.16. The highest BCUT2D eigenvalue weighted by molar-refractivity contribution is 6.17. The fourth-order valence-electron chi connectivity index (χ4n) is 2.70. The second-order valence-corrected chi connectivity index (χ2v) is 5.27. The number of nitrogens with zero attached hydrogens (tertiary/aromatic N) is 2. The number of anilines is 1. The first-order chi connectivity index (χ1) is 8.24. The first kappa shape index (κ1) is 12.7. The zero-order valence-electron chi connectivity index (χ0n) is 10.7. The van der Waals surface area contributed by atoms with Crippen molar-refractivity contribution in [2.75, 3.05) is 18.0 Å². The van der Waals surface area contributed by atoms with Crippen LogP contribution in [0, 0.1) is 12.8 Å². The molecule has 1 aromatic rings. The Bertz CT molecular complexity index is 378. The fourth-order valence-corrected chi connectivity index (χ4v) is 2.84. The van der Waals surface area contributed by atoms with Gasteiger partial charge in [-0.3, -0.25) is 0 Å². The summed E-state index contributed by atoms with van der Waals surface area (Å²) < 4.78 is 0. The summed E-state index contributed by atoms with van der Waals surface area (Å²) in [5, 5.41) is 0. The lowest BCUT2D eigenvalue weighted by Crippen LogP contribution is -2.21. The van der Waals surface area contributed by atoms with Crippen LogP contribution in [0.25, 0.3) is 0 Å². The minimum Gasteiger partial charge on any atom is -0.356 e. The van der Waals surface area contributed by atoms with Gasteiger partial charge in [0.25, 0.3) is 0 Å². The zero-order chi connectivity index (χ0) is 12.3. The normalized spacial score (nSPS) is 19.9. The second kappa shape index (κ2) is 5.72. The van der Waals surface area contributed by atoms with Gasteiger partial charge in [0.2, 0.25) is 0 Å². The first-order valence-corrected chi connectivity index (χ1v) is 7.04. The van der Waals surface area contributed by atoms with Crippen LogP contribution in [0.3, 0.4) is 0 Å². The number of halogens is 1. The molecule has 1 fully saturated rings. The average Bonchev–Trinajstić information content (AvgIpc) is 2.78. The van der Waals surface area contributed by atoms with E-state index in [2.05, 4.69) is 29.8 Å². The molecule has 0 amide bonds. The summed E-state index contributed by atoms with van der Waals surface area (Å²) in [4.78, 5) is 6.99. The first-order valence-electron chi connectivity index (χ1n) is 6.51. The standard InChI is InChI=1S/C14H21ClN2/c1-3-4-12-5-6-17(10-12)14-11(2)7-13(8-15)9-16-14/h7,9,12H,3-6,8,10H2,1-2H3. The van der Waals surface area contributed by atoms with E-state index >= 15 is 0 Å². The Morgan fingerprint density at radius 1 is 1.53 bits per heavy atom. The highest BCUT2D eigenvalue weighted by Gasteiger charge is 2.23. The third-order valence-corrected chi connectivity index (χ3v) is 3.85. The predicted octanol–water partition coefficient (Wildman–Crippen LogP) is 3.76. The topological polar surface area (TPSA) is 16.1 Å². The Morgan fingerprint density at radius 3 is 3.00 bits per heavy atom. The molecule has 1 aromatic heterocycles. The van der Waals surface area contributed by atoms with E-state index in [0.29, 0.717) is 5.88 Å². The molecular weight excluding hydrogens is 232 g/mol. The lowest BCUT2D eigenvalue weighted by atomic mass is 10.0. The predicted molar refractivity (Wildman–Crippen MR) is 73.8 cm³/mol. The van der Waals surface area contributed by atoms with Crippen molar-refractivity contribution in [3.05, 3.63) is 23.4 Å². The average molecular weight is 253 g/mol. The highest BCUT2D eigenvalue weighted by Crippen LogP contribution is 2.27. The largest absolute Gasteiger partial charge is 0.356 e. The van der Waals surface area contributed by atoms with Crippen molar-refractivity contribution in [1.82, 2.24) is 4.98 Å². The molecule has 1 unspecified atom stereocenters. The molecule has 2 heterocycles. The molecule has 1 atom stereocenters. The molecule has 1 aliphatic heterocycles. The molecule has 2 nitrogen and oxygen atoms in total. The molecule has 0 spiro atoms. The van der Waals surface area contributed by atoms with Gasteiger partial charge in [-0.2, -0.15) is 0 Å². The number of aromatic nitrogens is 1. The van der Waals surface area contributed by atoms with E-state index in [4.69, 9.17) is 11.6 Å². The van der Waals surface area contributed by atoms with Crippen LogP contribution in [-0.4, -0.2) is 18.1 Å². The van der Waals surface area contributed by atoms with Crippen molar-refractivity contribution in [3.8, 4) is 0 Å². The molecule has 0 aromatic carbocycles. The van der Waals surface area contributed by atoms with Crippen molar-refractivity contribution in [2.45, 2.75) is 39.0 Å². The lowest BCUT2D eigenvalue weighted by molar-refractivity contribution is 0.529. The van der Waals surface area contributed by atoms with Gasteiger partial charge in [-0.05, 0) is 42.9 Å². The summed E-state index contributed by atoms with van der Waals surface area (Å²) in [5.41, 5.74) is 2.36. The van der Waals surface area contributed by atoms with Crippen molar-refractivity contribution >= 4 is 17.4 Å². The van der Waals surface area contributed by atoms with Crippen molar-refractivity contribution in [2.24, 2.45) is 5.92 Å². The summed E-state index contributed by atoms with van der Waals surface area (Å²) in [6.07, 6.45) is 5.85. The maximum atomic E-state index is 5.82. The SMILES string of the molecule is CCCC1CCN(c2ncc(CCl)cc2C)C1. The van der Waals surface area contributed by atoms with E-state index in [-0.39, 0.29) is 0 Å². The summed E-state index contributed by atoms with van der Waals surface area (Å²) in [5.74, 6) is 2.55. The molecule has 17 heavy (non-hydrogen) atoms. The smallest absolute Gasteiger partial charge is 0.131 e. The summed E-state index contributed by atoms with van der Waals surface area (Å²) in [7, 11) is 0. The fraction of sp³-hybridized carbons (Fsp3) is 0.643. The van der Waals surface area contributed by atoms with E-state index in [0.717, 1.165) is 23.8 Å². The third-order valence-electron chi connectivity index (χ3n) is 3.54. The molecule has 1 saturated heterocycles. The van der Waals surface area contributed by atoms with Crippen LogP contribution in [0.5, 0.6) is 0 Å². The van der Waals surface area contributed by atoms with E-state index < -0.39 is 0 Å². The number of pyridine rings is 1. The summed E-state index contributed by atoms with van der Waals surface area (Å²) in [6.45, 7) is 6.72. The van der Waals surface area contributed by atoms with Gasteiger partial charge < -0.3 is 4.90 Å². The van der Waals surface area contributed by atoms with Crippen LogP contribution in [-0.2, 0) is 5.88 Å². The van der Waals surface area contributed by atoms with Crippen molar-refractivity contribution in [3.63, 3.8) is 0 Å². The van der Waals surface area contributed by atoms with Gasteiger partial charge in [0.05, 0.1) is 0 Å². The van der Waals surface area contributed by atoms with Gasteiger partial charge in [0.1, 0.15) is 5.82 Å². The number of hydrogen-bond donors (Lipinski definition) is 0. The monoisotopic (exact) mass is 252 g/mol. The molecule has 0 saturated carbocycles. The third kappa shape index (κ3) is 2.92. The molecule has 94 valence electrons. The van der Waals surface area contributed by atoms with Crippen LogP contribution < -0.4 is 4.90 Å². The van der Waals surface area contributed by atoms with Crippen molar-refractivity contribution in [1.29, 1.82) is 0 Å². The maximum Gasteiger partial charge on any atom is 0.131 e. The second-order valence-electron chi connectivity index (χ2n) is 5.01. The molecular formula is C14H21ClN2. The zero-order valence-corrected chi connectivity index (χ0v) is 11.5.